The van der Waals surface area contributed by atoms with E-state index >= 15 is 0 Å². The van der Waals surface area contributed by atoms with Crippen LogP contribution in [-0.2, 0) is 0 Å². The van der Waals surface area contributed by atoms with Crippen LogP contribution in [0, 0.1) is 10.1 Å². The molecule has 6 heteroatoms. The first-order valence-corrected chi connectivity index (χ1v) is 2.83. The van der Waals surface area contributed by atoms with Crippen LogP contribution in [0.3, 0.4) is 0 Å². The Labute approximate surface area is 56.9 Å². The normalized spacial score (nSPS) is 24.7. The summed E-state index contributed by atoms with van der Waals surface area (Å²) in [6, 6.07) is -0.754. The maximum absolute atomic E-state index is 10.6. The van der Waals surface area contributed by atoms with E-state index in [1.54, 1.807) is 6.92 Å². The minimum Gasteiger partial charge on any atom is -0.329 e. The van der Waals surface area contributed by atoms with E-state index in [4.69, 9.17) is 0 Å². The maximum Gasteiger partial charge on any atom is 0.375 e. The number of rotatable bonds is 1. The van der Waals surface area contributed by atoms with Gasteiger partial charge in [0.1, 0.15) is 6.54 Å². The molecule has 1 heterocycles. The Balaban J connectivity index is 2.63. The molecule has 1 aliphatic rings. The fraction of sp³-hybridized carbons (Fsp3) is 0.750. The van der Waals surface area contributed by atoms with E-state index in [2.05, 4.69) is 5.32 Å². The van der Waals surface area contributed by atoms with Crippen LogP contribution in [0.5, 0.6) is 0 Å². The van der Waals surface area contributed by atoms with Crippen molar-refractivity contribution in [3.05, 3.63) is 10.1 Å². The second-order valence-electron chi connectivity index (χ2n) is 2.17. The summed E-state index contributed by atoms with van der Waals surface area (Å²) in [7, 11) is 0. The zero-order chi connectivity index (χ0) is 7.72. The quantitative estimate of drug-likeness (QED) is 0.402. The molecular formula is C4H7N3O3. The summed E-state index contributed by atoms with van der Waals surface area (Å²) in [6.45, 7) is 1.85. The maximum atomic E-state index is 10.6. The summed E-state index contributed by atoms with van der Waals surface area (Å²) in [6.07, 6.45) is 0. The predicted octanol–water partition coefficient (Wildman–Crippen LogP) is -0.408. The first kappa shape index (κ1) is 6.79. The molecule has 1 unspecified atom stereocenters. The van der Waals surface area contributed by atoms with Gasteiger partial charge in [0.25, 0.3) is 0 Å². The predicted molar refractivity (Wildman–Crippen MR) is 31.7 cm³/mol. The van der Waals surface area contributed by atoms with Crippen molar-refractivity contribution in [1.82, 2.24) is 10.3 Å². The molecule has 0 aromatic heterocycles. The minimum atomic E-state index is -0.709. The molecule has 0 aromatic carbocycles. The molecule has 10 heavy (non-hydrogen) atoms. The van der Waals surface area contributed by atoms with Gasteiger partial charge in [0, 0.05) is 0 Å². The van der Waals surface area contributed by atoms with Crippen molar-refractivity contribution in [3.8, 4) is 0 Å². The Morgan fingerprint density at radius 2 is 2.50 bits per heavy atom. The van der Waals surface area contributed by atoms with Gasteiger partial charge in [-0.2, -0.15) is 0 Å². The summed E-state index contributed by atoms with van der Waals surface area (Å²) in [5.41, 5.74) is 0. The van der Waals surface area contributed by atoms with Crippen molar-refractivity contribution < 1.29 is 9.83 Å². The van der Waals surface area contributed by atoms with Gasteiger partial charge in [0.2, 0.25) is 0 Å². The second-order valence-corrected chi connectivity index (χ2v) is 2.17. The molecule has 56 valence electrons. The van der Waals surface area contributed by atoms with E-state index in [0.29, 0.717) is 5.01 Å². The number of nitrogens with zero attached hydrogens (tertiary/aromatic N) is 2. The Morgan fingerprint density at radius 3 is 2.70 bits per heavy atom. The van der Waals surface area contributed by atoms with Gasteiger partial charge in [0.15, 0.2) is 5.03 Å². The first-order chi connectivity index (χ1) is 4.61. The van der Waals surface area contributed by atoms with Crippen LogP contribution in [0.1, 0.15) is 6.92 Å². The van der Waals surface area contributed by atoms with E-state index in [1.807, 2.05) is 0 Å². The lowest BCUT2D eigenvalue weighted by Crippen LogP contribution is -2.33. The van der Waals surface area contributed by atoms with Crippen molar-refractivity contribution in [2.75, 3.05) is 6.54 Å². The van der Waals surface area contributed by atoms with Gasteiger partial charge in [-0.15, -0.1) is 0 Å². The highest BCUT2D eigenvalue weighted by Crippen LogP contribution is 2.01. The van der Waals surface area contributed by atoms with Gasteiger partial charge in [-0.3, -0.25) is 0 Å². The van der Waals surface area contributed by atoms with Crippen LogP contribution >= 0.6 is 0 Å². The lowest BCUT2D eigenvalue weighted by Gasteiger charge is -1.98. The van der Waals surface area contributed by atoms with Gasteiger partial charge >= 0.3 is 6.03 Å². The zero-order valence-electron chi connectivity index (χ0n) is 5.40. The summed E-state index contributed by atoms with van der Waals surface area (Å²) >= 11 is 0. The smallest absolute Gasteiger partial charge is 0.329 e. The number of carbonyl (C=O) groups excluding carboxylic acids is 1. The standard InChI is InChI=1S/C4H7N3O3/c1-3-2-6(7(9)10)4(8)5-3/h3H,2H2,1H3,(H,5,8). The molecule has 1 saturated heterocycles. The summed E-state index contributed by atoms with van der Waals surface area (Å²) in [5.74, 6) is 0. The molecule has 2 amide bonds. The van der Waals surface area contributed by atoms with Gasteiger partial charge in [-0.25, -0.2) is 14.9 Å². The molecule has 6 nitrogen and oxygen atoms in total. The number of carbonyl (C=O) groups is 1. The molecule has 1 rings (SSSR count). The number of nitro groups is 1. The number of hydrogen-bond acceptors (Lipinski definition) is 3. The van der Waals surface area contributed by atoms with E-state index in [9.17, 15) is 14.9 Å². The van der Waals surface area contributed by atoms with Crippen LogP contribution in [0.15, 0.2) is 0 Å². The minimum absolute atomic E-state index is 0.127. The van der Waals surface area contributed by atoms with Crippen LogP contribution in [0.25, 0.3) is 0 Å². The number of urea groups is 1. The first-order valence-electron chi connectivity index (χ1n) is 2.83. The SMILES string of the molecule is CC1CN([N+](=O)[O-])C(=O)N1. The lowest BCUT2D eigenvalue weighted by molar-refractivity contribution is -0.629. The topological polar surface area (TPSA) is 75.5 Å². The largest absolute Gasteiger partial charge is 0.375 e. The third-order valence-corrected chi connectivity index (χ3v) is 1.25. The molecule has 0 radical (unpaired) electrons. The van der Waals surface area contributed by atoms with Gasteiger partial charge in [-0.05, 0) is 11.9 Å². The molecule has 0 aromatic rings. The lowest BCUT2D eigenvalue weighted by atomic mass is 10.4. The summed E-state index contributed by atoms with van der Waals surface area (Å²) < 4.78 is 0. The Bertz CT molecular complexity index is 181. The van der Waals surface area contributed by atoms with Crippen LogP contribution < -0.4 is 5.32 Å². The average molecular weight is 145 g/mol. The highest BCUT2D eigenvalue weighted by Gasteiger charge is 2.34. The number of hydrazine groups is 1. The molecular weight excluding hydrogens is 138 g/mol. The Kier molecular flexibility index (Phi) is 1.44. The Hall–Kier alpha value is -1.33. The number of nitrogens with one attached hydrogen (secondary N) is 1. The Morgan fingerprint density at radius 1 is 1.90 bits per heavy atom. The van der Waals surface area contributed by atoms with Crippen molar-refractivity contribution >= 4 is 6.03 Å². The van der Waals surface area contributed by atoms with Gasteiger partial charge in [-0.1, -0.05) is 0 Å². The molecule has 1 atom stereocenters. The third-order valence-electron chi connectivity index (χ3n) is 1.25. The average Bonchev–Trinajstić information content (AvgIpc) is 2.10. The van der Waals surface area contributed by atoms with Crippen LogP contribution in [0.4, 0.5) is 4.79 Å². The van der Waals surface area contributed by atoms with Gasteiger partial charge in [0.05, 0.1) is 6.04 Å². The van der Waals surface area contributed by atoms with E-state index in [1.165, 1.54) is 0 Å². The number of amides is 2. The van der Waals surface area contributed by atoms with Crippen molar-refractivity contribution in [1.29, 1.82) is 0 Å². The fourth-order valence-electron chi connectivity index (χ4n) is 0.814. The highest BCUT2D eigenvalue weighted by molar-refractivity contribution is 5.75. The molecule has 0 aliphatic carbocycles. The third kappa shape index (κ3) is 0.996. The van der Waals surface area contributed by atoms with Crippen molar-refractivity contribution in [2.24, 2.45) is 0 Å². The molecule has 1 fully saturated rings. The van der Waals surface area contributed by atoms with Crippen LogP contribution in [0.2, 0.25) is 0 Å². The second kappa shape index (κ2) is 2.13. The molecule has 1 N–H and O–H groups in total. The monoisotopic (exact) mass is 145 g/mol. The van der Waals surface area contributed by atoms with Crippen molar-refractivity contribution in [2.45, 2.75) is 13.0 Å². The van der Waals surface area contributed by atoms with E-state index in [-0.39, 0.29) is 12.6 Å². The summed E-state index contributed by atoms with van der Waals surface area (Å²) in [5, 5.41) is 12.3. The zero-order valence-corrected chi connectivity index (χ0v) is 5.40. The molecule has 0 saturated carbocycles. The molecule has 1 aliphatic heterocycles. The highest BCUT2D eigenvalue weighted by atomic mass is 16.7. The van der Waals surface area contributed by atoms with Gasteiger partial charge < -0.3 is 5.32 Å². The van der Waals surface area contributed by atoms with E-state index < -0.39 is 11.1 Å². The number of hydrogen-bond donors (Lipinski definition) is 1. The van der Waals surface area contributed by atoms with Crippen LogP contribution in [-0.4, -0.2) is 28.7 Å². The van der Waals surface area contributed by atoms with Crippen molar-refractivity contribution in [3.63, 3.8) is 0 Å². The fourth-order valence-corrected chi connectivity index (χ4v) is 0.814. The summed E-state index contributed by atoms with van der Waals surface area (Å²) in [4.78, 5) is 20.6. The van der Waals surface area contributed by atoms with E-state index in [0.717, 1.165) is 0 Å². The molecule has 0 bridgehead atoms. The molecule has 0 spiro atoms.